The molecule has 3 nitrogen and oxygen atoms in total. The summed E-state index contributed by atoms with van der Waals surface area (Å²) >= 11 is 1.49. The molecule has 1 saturated heterocycles. The summed E-state index contributed by atoms with van der Waals surface area (Å²) in [5.41, 5.74) is 1.22. The number of thiazole rings is 1. The summed E-state index contributed by atoms with van der Waals surface area (Å²) in [7, 11) is 0. The fourth-order valence-electron chi connectivity index (χ4n) is 2.15. The molecule has 1 atom stereocenters. The predicted molar refractivity (Wildman–Crippen MR) is 75.0 cm³/mol. The molecule has 1 aliphatic rings. The molecule has 5 heteroatoms. The molecule has 0 aliphatic carbocycles. The van der Waals surface area contributed by atoms with Gasteiger partial charge >= 0.3 is 0 Å². The van der Waals surface area contributed by atoms with E-state index in [9.17, 15) is 4.39 Å². The van der Waals surface area contributed by atoms with Crippen LogP contribution in [0.25, 0.3) is 11.3 Å². The van der Waals surface area contributed by atoms with Gasteiger partial charge in [0.2, 0.25) is 0 Å². The third kappa shape index (κ3) is 2.93. The largest absolute Gasteiger partial charge is 0.376 e. The second-order valence-corrected chi connectivity index (χ2v) is 5.39. The van der Waals surface area contributed by atoms with Gasteiger partial charge < -0.3 is 10.1 Å². The van der Waals surface area contributed by atoms with Crippen LogP contribution in [-0.2, 0) is 4.74 Å². The molecule has 0 amide bonds. The van der Waals surface area contributed by atoms with Crippen LogP contribution >= 0.6 is 11.3 Å². The van der Waals surface area contributed by atoms with Crippen LogP contribution in [-0.4, -0.2) is 24.2 Å². The van der Waals surface area contributed by atoms with Crippen LogP contribution in [0.15, 0.2) is 29.6 Å². The third-order valence-electron chi connectivity index (χ3n) is 3.16. The molecule has 1 aliphatic heterocycles. The standard InChI is InChI=1S/C14H15FN2OS/c15-12-6-2-1-5-11(12)13-9-19-14(17-13)16-8-10-4-3-7-18-10/h1-2,5-6,9-10H,3-4,7-8H2,(H,16,17). The molecular weight excluding hydrogens is 263 g/mol. The van der Waals surface area contributed by atoms with E-state index in [-0.39, 0.29) is 11.9 Å². The van der Waals surface area contributed by atoms with Crippen molar-refractivity contribution in [2.75, 3.05) is 18.5 Å². The van der Waals surface area contributed by atoms with Gasteiger partial charge in [-0.05, 0) is 25.0 Å². The number of nitrogens with zero attached hydrogens (tertiary/aromatic N) is 1. The number of benzene rings is 1. The summed E-state index contributed by atoms with van der Waals surface area (Å²) in [5.74, 6) is -0.238. The summed E-state index contributed by atoms with van der Waals surface area (Å²) in [6, 6.07) is 6.70. The van der Waals surface area contributed by atoms with E-state index in [1.54, 1.807) is 12.1 Å². The molecule has 0 saturated carbocycles. The van der Waals surface area contributed by atoms with Gasteiger partial charge in [0.25, 0.3) is 0 Å². The number of rotatable bonds is 4. The van der Waals surface area contributed by atoms with Crippen molar-refractivity contribution in [2.45, 2.75) is 18.9 Å². The van der Waals surface area contributed by atoms with Crippen molar-refractivity contribution in [1.29, 1.82) is 0 Å². The Kier molecular flexibility index (Phi) is 3.75. The quantitative estimate of drug-likeness (QED) is 0.929. The van der Waals surface area contributed by atoms with Crippen LogP contribution in [0.3, 0.4) is 0 Å². The van der Waals surface area contributed by atoms with Gasteiger partial charge in [0.15, 0.2) is 5.13 Å². The van der Waals surface area contributed by atoms with Crippen molar-refractivity contribution in [3.63, 3.8) is 0 Å². The average Bonchev–Trinajstić information content (AvgIpc) is 3.08. The molecular formula is C14H15FN2OS. The topological polar surface area (TPSA) is 34.1 Å². The predicted octanol–water partition coefficient (Wildman–Crippen LogP) is 3.54. The maximum atomic E-state index is 13.6. The van der Waals surface area contributed by atoms with Gasteiger partial charge in [-0.3, -0.25) is 0 Å². The van der Waals surface area contributed by atoms with E-state index >= 15 is 0 Å². The maximum Gasteiger partial charge on any atom is 0.183 e. The van der Waals surface area contributed by atoms with Crippen molar-refractivity contribution in [3.05, 3.63) is 35.5 Å². The van der Waals surface area contributed by atoms with E-state index in [0.717, 1.165) is 31.1 Å². The SMILES string of the molecule is Fc1ccccc1-c1csc(NCC2CCCO2)n1. The molecule has 2 aromatic rings. The Labute approximate surface area is 115 Å². The zero-order chi connectivity index (χ0) is 13.1. The molecule has 100 valence electrons. The summed E-state index contributed by atoms with van der Waals surface area (Å²) in [5, 5.41) is 5.94. The van der Waals surface area contributed by atoms with Crippen molar-refractivity contribution in [3.8, 4) is 11.3 Å². The fourth-order valence-corrected chi connectivity index (χ4v) is 2.87. The van der Waals surface area contributed by atoms with Gasteiger partial charge in [-0.2, -0.15) is 0 Å². The van der Waals surface area contributed by atoms with Gasteiger partial charge in [0.05, 0.1) is 11.8 Å². The fraction of sp³-hybridized carbons (Fsp3) is 0.357. The number of ether oxygens (including phenoxy) is 1. The first-order valence-electron chi connectivity index (χ1n) is 6.39. The normalized spacial score (nSPS) is 18.7. The molecule has 1 unspecified atom stereocenters. The monoisotopic (exact) mass is 278 g/mol. The first-order chi connectivity index (χ1) is 9.33. The Morgan fingerprint density at radius 1 is 1.42 bits per heavy atom. The van der Waals surface area contributed by atoms with Crippen LogP contribution in [0.1, 0.15) is 12.8 Å². The zero-order valence-electron chi connectivity index (χ0n) is 10.4. The van der Waals surface area contributed by atoms with E-state index < -0.39 is 0 Å². The highest BCUT2D eigenvalue weighted by molar-refractivity contribution is 7.14. The zero-order valence-corrected chi connectivity index (χ0v) is 11.3. The minimum atomic E-state index is -0.238. The van der Waals surface area contributed by atoms with Gasteiger partial charge in [-0.15, -0.1) is 11.3 Å². The van der Waals surface area contributed by atoms with Crippen molar-refractivity contribution < 1.29 is 9.13 Å². The highest BCUT2D eigenvalue weighted by Crippen LogP contribution is 2.27. The Balaban J connectivity index is 1.67. The molecule has 19 heavy (non-hydrogen) atoms. The van der Waals surface area contributed by atoms with Crippen molar-refractivity contribution in [2.24, 2.45) is 0 Å². The number of hydrogen-bond donors (Lipinski definition) is 1. The number of hydrogen-bond acceptors (Lipinski definition) is 4. The number of nitrogens with one attached hydrogen (secondary N) is 1. The Hall–Kier alpha value is -1.46. The Morgan fingerprint density at radius 3 is 3.11 bits per heavy atom. The second-order valence-electron chi connectivity index (χ2n) is 4.53. The summed E-state index contributed by atoms with van der Waals surface area (Å²) in [4.78, 5) is 4.41. The number of halogens is 1. The van der Waals surface area contributed by atoms with Crippen molar-refractivity contribution in [1.82, 2.24) is 4.98 Å². The van der Waals surface area contributed by atoms with E-state index in [0.29, 0.717) is 11.3 Å². The second kappa shape index (κ2) is 5.67. The summed E-state index contributed by atoms with van der Waals surface area (Å²) in [6.45, 7) is 1.62. The van der Waals surface area contributed by atoms with Crippen LogP contribution < -0.4 is 5.32 Å². The molecule has 2 heterocycles. The number of aromatic nitrogens is 1. The van der Waals surface area contributed by atoms with Gasteiger partial charge in [0.1, 0.15) is 5.82 Å². The van der Waals surface area contributed by atoms with Gasteiger partial charge in [-0.1, -0.05) is 12.1 Å². The van der Waals surface area contributed by atoms with E-state index in [4.69, 9.17) is 4.74 Å². The first kappa shape index (κ1) is 12.6. The first-order valence-corrected chi connectivity index (χ1v) is 7.27. The molecule has 0 spiro atoms. The molecule has 1 fully saturated rings. The van der Waals surface area contributed by atoms with E-state index in [1.165, 1.54) is 17.4 Å². The average molecular weight is 278 g/mol. The van der Waals surface area contributed by atoms with Crippen LogP contribution in [0.4, 0.5) is 9.52 Å². The van der Waals surface area contributed by atoms with E-state index in [1.807, 2.05) is 11.4 Å². The molecule has 1 aromatic heterocycles. The molecule has 1 aromatic carbocycles. The molecule has 0 bridgehead atoms. The Bertz CT molecular complexity index is 552. The van der Waals surface area contributed by atoms with E-state index in [2.05, 4.69) is 10.3 Å². The van der Waals surface area contributed by atoms with Gasteiger partial charge in [0, 0.05) is 24.1 Å². The highest BCUT2D eigenvalue weighted by atomic mass is 32.1. The minimum absolute atomic E-state index is 0.238. The molecule has 3 rings (SSSR count). The van der Waals surface area contributed by atoms with Crippen LogP contribution in [0.2, 0.25) is 0 Å². The Morgan fingerprint density at radius 2 is 2.32 bits per heavy atom. The van der Waals surface area contributed by atoms with Crippen molar-refractivity contribution >= 4 is 16.5 Å². The van der Waals surface area contributed by atoms with Crippen LogP contribution in [0, 0.1) is 5.82 Å². The highest BCUT2D eigenvalue weighted by Gasteiger charge is 2.16. The maximum absolute atomic E-state index is 13.6. The smallest absolute Gasteiger partial charge is 0.183 e. The van der Waals surface area contributed by atoms with Gasteiger partial charge in [-0.25, -0.2) is 9.37 Å². The number of anilines is 1. The third-order valence-corrected chi connectivity index (χ3v) is 3.96. The lowest BCUT2D eigenvalue weighted by Crippen LogP contribution is -2.18. The lowest BCUT2D eigenvalue weighted by Gasteiger charge is -2.09. The summed E-state index contributed by atoms with van der Waals surface area (Å²) < 4.78 is 19.2. The molecule has 0 radical (unpaired) electrons. The lowest BCUT2D eigenvalue weighted by molar-refractivity contribution is 0.120. The minimum Gasteiger partial charge on any atom is -0.376 e. The lowest BCUT2D eigenvalue weighted by atomic mass is 10.2. The van der Waals surface area contributed by atoms with Crippen LogP contribution in [0.5, 0.6) is 0 Å². The summed E-state index contributed by atoms with van der Waals surface area (Å²) in [6.07, 6.45) is 2.50. The molecule has 1 N–H and O–H groups in total.